The van der Waals surface area contributed by atoms with Crippen LogP contribution in [0.2, 0.25) is 0 Å². The van der Waals surface area contributed by atoms with Crippen molar-refractivity contribution in [3.63, 3.8) is 0 Å². The molecular weight excluding hydrogens is 272 g/mol. The fourth-order valence-corrected chi connectivity index (χ4v) is 2.52. The summed E-state index contributed by atoms with van der Waals surface area (Å²) in [5, 5.41) is 3.95. The Balaban J connectivity index is 2.18. The third-order valence-electron chi connectivity index (χ3n) is 2.86. The van der Waals surface area contributed by atoms with Gasteiger partial charge in [-0.05, 0) is 31.5 Å². The molecule has 0 spiro atoms. The van der Waals surface area contributed by atoms with Gasteiger partial charge in [-0.2, -0.15) is 18.4 Å². The Morgan fingerprint density at radius 3 is 2.20 bits per heavy atom. The van der Waals surface area contributed by atoms with E-state index in [1.165, 1.54) is 12.1 Å². The Kier molecular flexibility index (Phi) is 4.20. The molecule has 0 aliphatic heterocycles. The van der Waals surface area contributed by atoms with Gasteiger partial charge in [-0.3, -0.25) is 0 Å². The molecule has 2 rings (SSSR count). The van der Waals surface area contributed by atoms with Crippen LogP contribution in [0.15, 0.2) is 64.6 Å². The lowest BCUT2D eigenvalue weighted by Crippen LogP contribution is -2.19. The SMILES string of the molecule is C/C(=N/NS(=O)(=O)c1ccccc1)c1ccc(C)cc1. The number of aryl methyl sites for hydroxylation is 1. The van der Waals surface area contributed by atoms with Gasteiger partial charge in [0.1, 0.15) is 0 Å². The van der Waals surface area contributed by atoms with Gasteiger partial charge in [0.2, 0.25) is 0 Å². The Bertz CT molecular complexity index is 705. The summed E-state index contributed by atoms with van der Waals surface area (Å²) in [6.45, 7) is 3.76. The van der Waals surface area contributed by atoms with E-state index < -0.39 is 10.0 Å². The zero-order chi connectivity index (χ0) is 14.6. The molecule has 0 heterocycles. The van der Waals surface area contributed by atoms with Crippen LogP contribution in [-0.2, 0) is 10.0 Å². The van der Waals surface area contributed by atoms with Gasteiger partial charge in [0.25, 0.3) is 10.0 Å². The maximum Gasteiger partial charge on any atom is 0.276 e. The summed E-state index contributed by atoms with van der Waals surface area (Å²) in [5.74, 6) is 0. The van der Waals surface area contributed by atoms with E-state index in [0.29, 0.717) is 5.71 Å². The summed E-state index contributed by atoms with van der Waals surface area (Å²) in [7, 11) is -3.61. The molecule has 0 unspecified atom stereocenters. The fraction of sp³-hybridized carbons (Fsp3) is 0.133. The number of rotatable bonds is 4. The van der Waals surface area contributed by atoms with E-state index in [-0.39, 0.29) is 4.90 Å². The molecule has 5 heteroatoms. The highest BCUT2D eigenvalue weighted by Gasteiger charge is 2.11. The quantitative estimate of drug-likeness (QED) is 0.694. The first-order chi connectivity index (χ1) is 9.49. The molecular formula is C15H16N2O2S. The Labute approximate surface area is 119 Å². The number of hydrogen-bond donors (Lipinski definition) is 1. The predicted octanol–water partition coefficient (Wildman–Crippen LogP) is 2.70. The predicted molar refractivity (Wildman–Crippen MR) is 80.2 cm³/mol. The first-order valence-electron chi connectivity index (χ1n) is 6.17. The van der Waals surface area contributed by atoms with E-state index >= 15 is 0 Å². The van der Waals surface area contributed by atoms with Crippen molar-refractivity contribution >= 4 is 15.7 Å². The van der Waals surface area contributed by atoms with Crippen LogP contribution in [0.1, 0.15) is 18.1 Å². The van der Waals surface area contributed by atoms with Gasteiger partial charge in [-0.15, -0.1) is 0 Å². The third kappa shape index (κ3) is 3.45. The number of hydrazone groups is 1. The zero-order valence-corrected chi connectivity index (χ0v) is 12.2. The molecule has 0 aromatic heterocycles. The Morgan fingerprint density at radius 1 is 1.00 bits per heavy atom. The van der Waals surface area contributed by atoms with Crippen LogP contribution in [0.25, 0.3) is 0 Å². The molecule has 2 aromatic rings. The number of nitrogens with zero attached hydrogens (tertiary/aromatic N) is 1. The molecule has 0 saturated carbocycles. The maximum absolute atomic E-state index is 12.0. The molecule has 0 atom stereocenters. The average molecular weight is 288 g/mol. The van der Waals surface area contributed by atoms with Gasteiger partial charge in [-0.25, -0.2) is 0 Å². The molecule has 2 aromatic carbocycles. The van der Waals surface area contributed by atoms with Crippen molar-refractivity contribution < 1.29 is 8.42 Å². The molecule has 4 nitrogen and oxygen atoms in total. The summed E-state index contributed by atoms with van der Waals surface area (Å²) in [4.78, 5) is 2.44. The van der Waals surface area contributed by atoms with E-state index in [9.17, 15) is 8.42 Å². The van der Waals surface area contributed by atoms with Crippen LogP contribution in [-0.4, -0.2) is 14.1 Å². The first-order valence-corrected chi connectivity index (χ1v) is 7.65. The van der Waals surface area contributed by atoms with Gasteiger partial charge < -0.3 is 0 Å². The topological polar surface area (TPSA) is 58.5 Å². The molecule has 0 aliphatic carbocycles. The molecule has 0 saturated heterocycles. The largest absolute Gasteiger partial charge is 0.276 e. The van der Waals surface area contributed by atoms with Gasteiger partial charge in [-0.1, -0.05) is 48.0 Å². The zero-order valence-electron chi connectivity index (χ0n) is 11.4. The second-order valence-electron chi connectivity index (χ2n) is 4.47. The van der Waals surface area contributed by atoms with Gasteiger partial charge in [0.05, 0.1) is 10.6 Å². The molecule has 0 radical (unpaired) electrons. The van der Waals surface area contributed by atoms with E-state index in [1.807, 2.05) is 31.2 Å². The lowest BCUT2D eigenvalue weighted by molar-refractivity contribution is 0.584. The van der Waals surface area contributed by atoms with Crippen LogP contribution in [0.5, 0.6) is 0 Å². The summed E-state index contributed by atoms with van der Waals surface area (Å²) in [6, 6.07) is 15.9. The maximum atomic E-state index is 12.0. The lowest BCUT2D eigenvalue weighted by atomic mass is 10.1. The highest BCUT2D eigenvalue weighted by Crippen LogP contribution is 2.08. The van der Waals surface area contributed by atoms with Crippen LogP contribution >= 0.6 is 0 Å². The highest BCUT2D eigenvalue weighted by molar-refractivity contribution is 7.89. The number of benzene rings is 2. The molecule has 0 aliphatic rings. The Morgan fingerprint density at radius 2 is 1.60 bits per heavy atom. The standard InChI is InChI=1S/C15H16N2O2S/c1-12-8-10-14(11-9-12)13(2)16-17-20(18,19)15-6-4-3-5-7-15/h3-11,17H,1-2H3/b16-13-. The van der Waals surface area contributed by atoms with E-state index in [4.69, 9.17) is 0 Å². The molecule has 20 heavy (non-hydrogen) atoms. The molecule has 1 N–H and O–H groups in total. The van der Waals surface area contributed by atoms with Crippen LogP contribution in [0.3, 0.4) is 0 Å². The van der Waals surface area contributed by atoms with Crippen molar-refractivity contribution in [1.29, 1.82) is 0 Å². The molecule has 0 fully saturated rings. The van der Waals surface area contributed by atoms with Crippen molar-refractivity contribution in [2.45, 2.75) is 18.7 Å². The second kappa shape index (κ2) is 5.88. The van der Waals surface area contributed by atoms with Gasteiger partial charge >= 0.3 is 0 Å². The summed E-state index contributed by atoms with van der Waals surface area (Å²) in [5.41, 5.74) is 2.64. The Hall–Kier alpha value is -2.14. The van der Waals surface area contributed by atoms with Crippen LogP contribution in [0, 0.1) is 6.92 Å². The second-order valence-corrected chi connectivity index (χ2v) is 6.13. The van der Waals surface area contributed by atoms with Crippen molar-refractivity contribution in [3.8, 4) is 0 Å². The third-order valence-corrected chi connectivity index (χ3v) is 4.08. The summed E-state index contributed by atoms with van der Waals surface area (Å²) >= 11 is 0. The van der Waals surface area contributed by atoms with Crippen molar-refractivity contribution in [1.82, 2.24) is 4.83 Å². The van der Waals surface area contributed by atoms with Crippen molar-refractivity contribution in [3.05, 3.63) is 65.7 Å². The van der Waals surface area contributed by atoms with Crippen molar-refractivity contribution in [2.75, 3.05) is 0 Å². The normalized spacial score (nSPS) is 12.2. The number of hydrogen-bond acceptors (Lipinski definition) is 3. The van der Waals surface area contributed by atoms with Crippen LogP contribution in [0.4, 0.5) is 0 Å². The van der Waals surface area contributed by atoms with Crippen molar-refractivity contribution in [2.24, 2.45) is 5.10 Å². The molecule has 104 valence electrons. The molecule has 0 bridgehead atoms. The van der Waals surface area contributed by atoms with E-state index in [0.717, 1.165) is 11.1 Å². The van der Waals surface area contributed by atoms with E-state index in [2.05, 4.69) is 9.93 Å². The summed E-state index contributed by atoms with van der Waals surface area (Å²) < 4.78 is 24.0. The minimum Gasteiger partial charge on any atom is -0.200 e. The molecule has 0 amide bonds. The highest BCUT2D eigenvalue weighted by atomic mass is 32.2. The smallest absolute Gasteiger partial charge is 0.200 e. The average Bonchev–Trinajstić information content (AvgIpc) is 2.46. The van der Waals surface area contributed by atoms with Gasteiger partial charge in [0.15, 0.2) is 0 Å². The minimum absolute atomic E-state index is 0.195. The first kappa shape index (κ1) is 14.3. The number of sulfonamides is 1. The van der Waals surface area contributed by atoms with E-state index in [1.54, 1.807) is 25.1 Å². The minimum atomic E-state index is -3.61. The van der Waals surface area contributed by atoms with Gasteiger partial charge in [0, 0.05) is 0 Å². The van der Waals surface area contributed by atoms with Crippen LogP contribution < -0.4 is 4.83 Å². The fourth-order valence-electron chi connectivity index (χ4n) is 1.64. The lowest BCUT2D eigenvalue weighted by Gasteiger charge is -2.05. The summed E-state index contributed by atoms with van der Waals surface area (Å²) in [6.07, 6.45) is 0. The number of nitrogens with one attached hydrogen (secondary N) is 1. The monoisotopic (exact) mass is 288 g/mol.